The van der Waals surface area contributed by atoms with Crippen molar-refractivity contribution in [3.8, 4) is 5.75 Å². The van der Waals surface area contributed by atoms with E-state index in [1.54, 1.807) is 49.1 Å². The summed E-state index contributed by atoms with van der Waals surface area (Å²) in [5.41, 5.74) is -0.430. The van der Waals surface area contributed by atoms with Crippen LogP contribution in [0.2, 0.25) is 0 Å². The van der Waals surface area contributed by atoms with Gasteiger partial charge in [0.25, 0.3) is 5.91 Å². The van der Waals surface area contributed by atoms with Crippen LogP contribution in [0.4, 0.5) is 5.82 Å². The van der Waals surface area contributed by atoms with Gasteiger partial charge in [0, 0.05) is 42.5 Å². The number of carbonyl (C=O) groups is 1. The number of hydrogen-bond acceptors (Lipinski definition) is 12. The summed E-state index contributed by atoms with van der Waals surface area (Å²) >= 11 is 0. The van der Waals surface area contributed by atoms with Gasteiger partial charge in [0.1, 0.15) is 23.9 Å². The van der Waals surface area contributed by atoms with E-state index < -0.39 is 44.5 Å². The average Bonchev–Trinajstić information content (AvgIpc) is 3.38. The Hall–Kier alpha value is -4.30. The second kappa shape index (κ2) is 16.2. The van der Waals surface area contributed by atoms with Crippen molar-refractivity contribution in [1.82, 2.24) is 19.5 Å². The molecule has 3 atom stereocenters. The summed E-state index contributed by atoms with van der Waals surface area (Å²) in [5, 5.41) is 12.4. The second-order valence-electron chi connectivity index (χ2n) is 8.41. The van der Waals surface area contributed by atoms with E-state index >= 15 is 0 Å². The number of allylic oxidation sites excluding steroid dienone is 6. The van der Waals surface area contributed by atoms with E-state index in [1.807, 2.05) is 36.5 Å². The van der Waals surface area contributed by atoms with Crippen LogP contribution in [-0.4, -0.2) is 58.9 Å². The van der Waals surface area contributed by atoms with Crippen molar-refractivity contribution in [3.63, 3.8) is 0 Å². The smallest absolute Gasteiger partial charge is 0.351 e. The van der Waals surface area contributed by atoms with Gasteiger partial charge in [-0.2, -0.15) is 4.98 Å². The van der Waals surface area contributed by atoms with E-state index in [0.717, 1.165) is 4.57 Å². The number of aliphatic imine (C=N–C) groups is 2. The molecule has 14 nitrogen and oxygen atoms in total. The van der Waals surface area contributed by atoms with Gasteiger partial charge in [0.05, 0.1) is 37.6 Å². The molecular weight excluding hydrogens is 569 g/mol. The standard InChI is InChI=1S/C17H20N3O9P.2C5H5N/c1-27-11-4-2-10(3-5-11)16(22)18-14-6-7-20(17(23)19-14)15-8-12(21)13(29-15)9-28-30(24,25)26;2*1-2-4-6-5-3-1/h2-7,12-13,15,21H,8-9H2,1H3,(H2,24,25,26)(H,18,19,22,23);2*1-5H/q;2*+1/p-2. The first kappa shape index (κ1) is 32.2. The number of hydrogen-bond donors (Lipinski definition) is 2. The second-order valence-corrected chi connectivity index (χ2v) is 9.56. The highest BCUT2D eigenvalue weighted by atomic mass is 31.2. The van der Waals surface area contributed by atoms with Crippen LogP contribution < -0.4 is 35.5 Å². The molecule has 3 aliphatic heterocycles. The van der Waals surface area contributed by atoms with Crippen LogP contribution in [-0.2, 0) is 13.8 Å². The molecule has 3 unspecified atom stereocenters. The van der Waals surface area contributed by atoms with E-state index in [-0.39, 0.29) is 12.2 Å². The summed E-state index contributed by atoms with van der Waals surface area (Å²) in [5.74, 6) is 0.115. The third kappa shape index (κ3) is 10.9. The highest BCUT2D eigenvalue weighted by molar-refractivity contribution is 7.43. The molecule has 4 heterocycles. The fourth-order valence-corrected chi connectivity index (χ4v) is 3.79. The molecule has 15 heteroatoms. The van der Waals surface area contributed by atoms with Gasteiger partial charge in [0.15, 0.2) is 0 Å². The van der Waals surface area contributed by atoms with Crippen molar-refractivity contribution in [1.29, 1.82) is 0 Å². The van der Waals surface area contributed by atoms with Gasteiger partial charge in [-0.3, -0.25) is 9.36 Å². The molecular formula is C27H28N5O9P. The highest BCUT2D eigenvalue weighted by Crippen LogP contribution is 2.32. The summed E-state index contributed by atoms with van der Waals surface area (Å²) in [6.07, 6.45) is 16.5. The number of nitrogens with zero attached hydrogens (tertiary/aromatic N) is 4. The highest BCUT2D eigenvalue weighted by Gasteiger charge is 2.35. The SMILES string of the molecule is C1=CC=[N+]C=C1.C1=CC=[N+]C=C1.COc1ccc(C(=O)Nc2ccn(C3CC(O)C(COP(=O)([O-])[O-])O3)c(=O)n2)cc1. The molecule has 0 bridgehead atoms. The monoisotopic (exact) mass is 597 g/mol. The van der Waals surface area contributed by atoms with Crippen molar-refractivity contribution < 1.29 is 38.3 Å². The quantitative estimate of drug-likeness (QED) is 0.407. The molecule has 42 heavy (non-hydrogen) atoms. The molecule has 1 aromatic heterocycles. The van der Waals surface area contributed by atoms with Crippen molar-refractivity contribution in [2.75, 3.05) is 19.0 Å². The van der Waals surface area contributed by atoms with Crippen LogP contribution in [0.3, 0.4) is 0 Å². The van der Waals surface area contributed by atoms with Crippen LogP contribution in [0.1, 0.15) is 23.0 Å². The average molecular weight is 598 g/mol. The topological polar surface area (TPSA) is 203 Å². The van der Waals surface area contributed by atoms with Crippen molar-refractivity contribution in [3.05, 3.63) is 101 Å². The van der Waals surface area contributed by atoms with Crippen molar-refractivity contribution in [2.45, 2.75) is 24.9 Å². The van der Waals surface area contributed by atoms with E-state index in [9.17, 15) is 29.0 Å². The Balaban J connectivity index is 0.000000330. The Morgan fingerprint density at radius 1 is 1.10 bits per heavy atom. The Kier molecular flexibility index (Phi) is 12.4. The minimum Gasteiger partial charge on any atom is -0.790 e. The Morgan fingerprint density at radius 2 is 1.74 bits per heavy atom. The number of benzene rings is 1. The summed E-state index contributed by atoms with van der Waals surface area (Å²) in [6, 6.07) is 7.69. The van der Waals surface area contributed by atoms with E-state index in [2.05, 4.69) is 24.8 Å². The third-order valence-electron chi connectivity index (χ3n) is 5.47. The lowest BCUT2D eigenvalue weighted by Gasteiger charge is -2.30. The number of methoxy groups -OCH3 is 1. The maximum atomic E-state index is 12.3. The van der Waals surface area contributed by atoms with E-state index in [4.69, 9.17) is 9.47 Å². The number of phosphoric acid groups is 1. The number of rotatable bonds is 7. The molecule has 1 amide bonds. The molecule has 0 aliphatic carbocycles. The molecule has 2 radical (unpaired) electrons. The number of aromatic nitrogens is 2. The maximum absolute atomic E-state index is 12.3. The lowest BCUT2D eigenvalue weighted by molar-refractivity contribution is -0.343. The van der Waals surface area contributed by atoms with Gasteiger partial charge < -0.3 is 38.8 Å². The number of carbonyl (C=O) groups excluding carboxylic acids is 1. The number of anilines is 1. The number of amides is 1. The van der Waals surface area contributed by atoms with Gasteiger partial charge in [-0.1, -0.05) is 0 Å². The first-order chi connectivity index (χ1) is 20.2. The predicted octanol–water partition coefficient (Wildman–Crippen LogP) is -0.0491. The van der Waals surface area contributed by atoms with Crippen molar-refractivity contribution >= 4 is 32.0 Å². The molecule has 1 fully saturated rings. The predicted molar refractivity (Wildman–Crippen MR) is 150 cm³/mol. The molecule has 2 aromatic rings. The molecule has 3 aliphatic rings. The van der Waals surface area contributed by atoms with Crippen LogP contribution in [0.15, 0.2) is 90.2 Å². The fourth-order valence-electron chi connectivity index (χ4n) is 3.46. The summed E-state index contributed by atoms with van der Waals surface area (Å²) in [7, 11) is -3.71. The van der Waals surface area contributed by atoms with Gasteiger partial charge in [-0.25, -0.2) is 4.79 Å². The molecule has 5 rings (SSSR count). The number of aliphatic hydroxyl groups is 1. The molecule has 0 spiro atoms. The van der Waals surface area contributed by atoms with Gasteiger partial charge >= 0.3 is 5.69 Å². The van der Waals surface area contributed by atoms with E-state index in [0.29, 0.717) is 11.3 Å². The molecule has 220 valence electrons. The van der Waals surface area contributed by atoms with Crippen molar-refractivity contribution in [2.24, 2.45) is 0 Å². The summed E-state index contributed by atoms with van der Waals surface area (Å²) in [6.45, 7) is -0.667. The molecule has 1 saturated heterocycles. The third-order valence-corrected chi connectivity index (χ3v) is 5.93. The first-order valence-electron chi connectivity index (χ1n) is 12.4. The first-order valence-corrected chi connectivity index (χ1v) is 13.9. The zero-order chi connectivity index (χ0) is 30.4. The Morgan fingerprint density at radius 3 is 2.19 bits per heavy atom. The largest absolute Gasteiger partial charge is 0.790 e. The van der Waals surface area contributed by atoms with Crippen LogP contribution in [0, 0.1) is 0 Å². The number of ether oxygens (including phenoxy) is 2. The summed E-state index contributed by atoms with van der Waals surface area (Å²) in [4.78, 5) is 57.0. The Bertz CT molecular complexity index is 1370. The zero-order valence-electron chi connectivity index (χ0n) is 22.3. The van der Waals surface area contributed by atoms with E-state index in [1.165, 1.54) is 19.4 Å². The van der Waals surface area contributed by atoms with Crippen LogP contribution in [0.25, 0.3) is 0 Å². The minimum atomic E-state index is -5.22. The fraction of sp³-hybridized carbons (Fsp3) is 0.222. The zero-order valence-corrected chi connectivity index (χ0v) is 23.2. The summed E-state index contributed by atoms with van der Waals surface area (Å²) < 4.78 is 26.2. The maximum Gasteiger partial charge on any atom is 0.351 e. The lowest BCUT2D eigenvalue weighted by Crippen LogP contribution is -2.30. The van der Waals surface area contributed by atoms with Gasteiger partial charge in [0.2, 0.25) is 24.8 Å². The normalized spacial score (nSPS) is 19.9. The number of phosphoric ester groups is 1. The molecule has 0 saturated carbocycles. The molecule has 1 aromatic carbocycles. The molecule has 2 N–H and O–H groups in total. The van der Waals surface area contributed by atoms with Gasteiger partial charge in [-0.05, 0) is 42.5 Å². The lowest BCUT2D eigenvalue weighted by atomic mass is 10.2. The number of aliphatic hydroxyl groups excluding tert-OH is 1. The van der Waals surface area contributed by atoms with Gasteiger partial charge in [-0.15, -0.1) is 0 Å². The minimum absolute atomic E-state index is 0.00847. The Labute approximate surface area is 241 Å². The number of nitrogens with one attached hydrogen (secondary N) is 1. The van der Waals surface area contributed by atoms with Crippen LogP contribution in [0.5, 0.6) is 5.75 Å². The van der Waals surface area contributed by atoms with Crippen LogP contribution >= 0.6 is 7.82 Å².